The summed E-state index contributed by atoms with van der Waals surface area (Å²) < 4.78 is 4.95. The monoisotopic (exact) mass is 319 g/mol. The van der Waals surface area contributed by atoms with Gasteiger partial charge in [-0.2, -0.15) is 0 Å². The van der Waals surface area contributed by atoms with Crippen molar-refractivity contribution in [2.45, 2.75) is 18.6 Å². The Balaban J connectivity index is 3.14. The van der Waals surface area contributed by atoms with Gasteiger partial charge in [0.15, 0.2) is 0 Å². The SMILES string of the molecule is COc1ccc([N+](=O)[O-])c(C(O)C(O)CCBr)c1. The summed E-state index contributed by atoms with van der Waals surface area (Å²) >= 11 is 3.14. The van der Waals surface area contributed by atoms with Crippen LogP contribution in [0.15, 0.2) is 18.2 Å². The predicted octanol–water partition coefficient (Wildman–Crippen LogP) is 1.78. The second kappa shape index (κ2) is 6.67. The third-order valence-corrected chi connectivity index (χ3v) is 2.98. The van der Waals surface area contributed by atoms with Crippen molar-refractivity contribution in [1.82, 2.24) is 0 Å². The number of rotatable bonds is 6. The van der Waals surface area contributed by atoms with Crippen molar-refractivity contribution in [1.29, 1.82) is 0 Å². The molecule has 0 saturated carbocycles. The molecule has 1 rings (SSSR count). The van der Waals surface area contributed by atoms with Crippen LogP contribution in [-0.4, -0.2) is 33.7 Å². The van der Waals surface area contributed by atoms with Crippen LogP contribution in [0.5, 0.6) is 5.75 Å². The Labute approximate surface area is 112 Å². The lowest BCUT2D eigenvalue weighted by Gasteiger charge is -2.17. The van der Waals surface area contributed by atoms with E-state index in [-0.39, 0.29) is 17.7 Å². The maximum atomic E-state index is 10.9. The van der Waals surface area contributed by atoms with Gasteiger partial charge in [-0.05, 0) is 18.6 Å². The van der Waals surface area contributed by atoms with Gasteiger partial charge in [0.25, 0.3) is 5.69 Å². The van der Waals surface area contributed by atoms with Crippen LogP contribution in [0, 0.1) is 10.1 Å². The van der Waals surface area contributed by atoms with Crippen molar-refractivity contribution in [2.24, 2.45) is 0 Å². The summed E-state index contributed by atoms with van der Waals surface area (Å²) in [6.45, 7) is 0. The van der Waals surface area contributed by atoms with E-state index < -0.39 is 17.1 Å². The molecule has 1 aromatic rings. The molecule has 0 radical (unpaired) electrons. The molecule has 0 aliphatic heterocycles. The summed E-state index contributed by atoms with van der Waals surface area (Å²) in [5.74, 6) is 0.390. The fourth-order valence-corrected chi connectivity index (χ4v) is 2.01. The van der Waals surface area contributed by atoms with E-state index in [9.17, 15) is 20.3 Å². The lowest BCUT2D eigenvalue weighted by molar-refractivity contribution is -0.386. The van der Waals surface area contributed by atoms with Gasteiger partial charge in [-0.25, -0.2) is 0 Å². The van der Waals surface area contributed by atoms with Gasteiger partial charge in [-0.15, -0.1) is 0 Å². The lowest BCUT2D eigenvalue weighted by atomic mass is 10.0. The molecule has 7 heteroatoms. The Kier molecular flexibility index (Phi) is 5.52. The Morgan fingerprint density at radius 2 is 2.17 bits per heavy atom. The van der Waals surface area contributed by atoms with Gasteiger partial charge in [0.1, 0.15) is 11.9 Å². The van der Waals surface area contributed by atoms with Crippen LogP contribution in [0.1, 0.15) is 18.1 Å². The summed E-state index contributed by atoms with van der Waals surface area (Å²) in [4.78, 5) is 10.3. The molecular formula is C11H14BrNO5. The van der Waals surface area contributed by atoms with Crippen LogP contribution < -0.4 is 4.74 Å². The Morgan fingerprint density at radius 1 is 1.50 bits per heavy atom. The number of hydrogen-bond acceptors (Lipinski definition) is 5. The van der Waals surface area contributed by atoms with E-state index in [0.717, 1.165) is 0 Å². The number of ether oxygens (including phenoxy) is 1. The van der Waals surface area contributed by atoms with Crippen molar-refractivity contribution in [3.63, 3.8) is 0 Å². The van der Waals surface area contributed by atoms with Crippen LogP contribution in [0.3, 0.4) is 0 Å². The minimum atomic E-state index is -1.32. The third kappa shape index (κ3) is 3.41. The standard InChI is InChI=1S/C11H14BrNO5/c1-18-7-2-3-9(13(16)17)8(6-7)11(15)10(14)4-5-12/h2-3,6,10-11,14-15H,4-5H2,1H3. The molecule has 2 N–H and O–H groups in total. The number of nitro groups is 1. The first-order chi connectivity index (χ1) is 8.51. The number of aliphatic hydroxyl groups excluding tert-OH is 2. The normalized spacial score (nSPS) is 14.0. The van der Waals surface area contributed by atoms with E-state index in [1.807, 2.05) is 0 Å². The zero-order valence-electron chi connectivity index (χ0n) is 9.75. The number of alkyl halides is 1. The van der Waals surface area contributed by atoms with Crippen molar-refractivity contribution >= 4 is 21.6 Å². The van der Waals surface area contributed by atoms with Gasteiger partial charge < -0.3 is 14.9 Å². The van der Waals surface area contributed by atoms with E-state index in [1.165, 1.54) is 25.3 Å². The molecule has 0 heterocycles. The Morgan fingerprint density at radius 3 is 2.67 bits per heavy atom. The first-order valence-corrected chi connectivity index (χ1v) is 6.37. The number of methoxy groups -OCH3 is 1. The first-order valence-electron chi connectivity index (χ1n) is 5.25. The van der Waals surface area contributed by atoms with E-state index in [0.29, 0.717) is 11.1 Å². The minimum Gasteiger partial charge on any atom is -0.497 e. The van der Waals surface area contributed by atoms with Crippen LogP contribution in [0.2, 0.25) is 0 Å². The van der Waals surface area contributed by atoms with E-state index in [2.05, 4.69) is 15.9 Å². The van der Waals surface area contributed by atoms with Gasteiger partial charge in [-0.1, -0.05) is 15.9 Å². The molecule has 0 saturated heterocycles. The van der Waals surface area contributed by atoms with Gasteiger partial charge in [-0.3, -0.25) is 10.1 Å². The molecule has 0 amide bonds. The summed E-state index contributed by atoms with van der Waals surface area (Å²) in [6, 6.07) is 4.05. The van der Waals surface area contributed by atoms with Crippen molar-refractivity contribution in [3.8, 4) is 5.75 Å². The van der Waals surface area contributed by atoms with Gasteiger partial charge in [0.05, 0.1) is 23.7 Å². The summed E-state index contributed by atoms with van der Waals surface area (Å²) in [5, 5.41) is 31.0. The minimum absolute atomic E-state index is 0.0489. The van der Waals surface area contributed by atoms with E-state index >= 15 is 0 Å². The number of hydrogen-bond donors (Lipinski definition) is 2. The smallest absolute Gasteiger partial charge is 0.275 e. The Hall–Kier alpha value is -1.18. The van der Waals surface area contributed by atoms with Crippen LogP contribution >= 0.6 is 15.9 Å². The molecule has 6 nitrogen and oxygen atoms in total. The van der Waals surface area contributed by atoms with E-state index in [4.69, 9.17) is 4.74 Å². The molecular weight excluding hydrogens is 306 g/mol. The fraction of sp³-hybridized carbons (Fsp3) is 0.455. The summed E-state index contributed by atoms with van der Waals surface area (Å²) in [5.41, 5.74) is -0.190. The molecule has 2 unspecified atom stereocenters. The van der Waals surface area contributed by atoms with Crippen LogP contribution in [-0.2, 0) is 0 Å². The third-order valence-electron chi connectivity index (χ3n) is 2.52. The molecule has 0 fully saturated rings. The average Bonchev–Trinajstić information content (AvgIpc) is 2.37. The second-order valence-electron chi connectivity index (χ2n) is 3.67. The summed E-state index contributed by atoms with van der Waals surface area (Å²) in [7, 11) is 1.42. The fourth-order valence-electron chi connectivity index (χ4n) is 1.54. The quantitative estimate of drug-likeness (QED) is 0.473. The maximum absolute atomic E-state index is 10.9. The largest absolute Gasteiger partial charge is 0.497 e. The number of benzene rings is 1. The number of halogens is 1. The molecule has 0 aliphatic carbocycles. The highest BCUT2D eigenvalue weighted by Crippen LogP contribution is 2.31. The zero-order chi connectivity index (χ0) is 13.7. The molecule has 0 spiro atoms. The number of nitrogens with zero attached hydrogens (tertiary/aromatic N) is 1. The van der Waals surface area contributed by atoms with Crippen LogP contribution in [0.25, 0.3) is 0 Å². The van der Waals surface area contributed by atoms with Crippen molar-refractivity contribution in [3.05, 3.63) is 33.9 Å². The first kappa shape index (κ1) is 14.9. The molecule has 18 heavy (non-hydrogen) atoms. The van der Waals surface area contributed by atoms with Crippen molar-refractivity contribution < 1.29 is 19.9 Å². The maximum Gasteiger partial charge on any atom is 0.275 e. The highest BCUT2D eigenvalue weighted by molar-refractivity contribution is 9.09. The topological polar surface area (TPSA) is 92.8 Å². The molecule has 0 bridgehead atoms. The van der Waals surface area contributed by atoms with E-state index in [1.54, 1.807) is 0 Å². The van der Waals surface area contributed by atoms with Gasteiger partial charge >= 0.3 is 0 Å². The molecule has 0 aliphatic rings. The van der Waals surface area contributed by atoms with Crippen LogP contribution in [0.4, 0.5) is 5.69 Å². The zero-order valence-corrected chi connectivity index (χ0v) is 11.3. The molecule has 100 valence electrons. The predicted molar refractivity (Wildman–Crippen MR) is 69.0 cm³/mol. The average molecular weight is 320 g/mol. The Bertz CT molecular complexity index is 426. The van der Waals surface area contributed by atoms with Gasteiger partial charge in [0, 0.05) is 11.4 Å². The highest BCUT2D eigenvalue weighted by Gasteiger charge is 2.26. The molecule has 1 aromatic carbocycles. The molecule has 2 atom stereocenters. The van der Waals surface area contributed by atoms with Crippen molar-refractivity contribution in [2.75, 3.05) is 12.4 Å². The number of nitro benzene ring substituents is 1. The van der Waals surface area contributed by atoms with Gasteiger partial charge in [0.2, 0.25) is 0 Å². The second-order valence-corrected chi connectivity index (χ2v) is 4.46. The summed E-state index contributed by atoms with van der Waals surface area (Å²) in [6.07, 6.45) is -2.11. The lowest BCUT2D eigenvalue weighted by Crippen LogP contribution is -2.19. The number of aliphatic hydroxyl groups is 2. The highest BCUT2D eigenvalue weighted by atomic mass is 79.9. The molecule has 0 aromatic heterocycles.